The van der Waals surface area contributed by atoms with Gasteiger partial charge in [0.25, 0.3) is 5.91 Å². The standard InChI is InChI=1S/C24H27BrN6O4S/c1-30-13-16(12-27-30)28-22(32)19(10-17-3-2-7-34-17)29-23(33)21-5-4-18(36-21)14-31-6-8-35-24-20(31)9-15(25)11-26-24/h4-5,9,11-13,17,19H,2-3,6-8,10,14H2,1H3,(H,28,32)(H,29,33)/t17?,19-/m0/s1. The van der Waals surface area contributed by atoms with E-state index in [4.69, 9.17) is 9.47 Å². The second-order valence-electron chi connectivity index (χ2n) is 8.80. The number of carbonyl (C=O) groups excluding carboxylic acids is 2. The van der Waals surface area contributed by atoms with E-state index in [-0.39, 0.29) is 17.9 Å². The summed E-state index contributed by atoms with van der Waals surface area (Å²) in [6, 6.07) is 5.02. The fraction of sp³-hybridized carbons (Fsp3) is 0.417. The summed E-state index contributed by atoms with van der Waals surface area (Å²) < 4.78 is 13.9. The van der Waals surface area contributed by atoms with E-state index in [1.165, 1.54) is 11.3 Å². The third kappa shape index (κ3) is 5.88. The Kier molecular flexibility index (Phi) is 7.54. The van der Waals surface area contributed by atoms with Crippen molar-refractivity contribution in [3.63, 3.8) is 0 Å². The van der Waals surface area contributed by atoms with E-state index in [9.17, 15) is 9.59 Å². The van der Waals surface area contributed by atoms with Gasteiger partial charge in [0.05, 0.1) is 36.0 Å². The van der Waals surface area contributed by atoms with Crippen LogP contribution in [-0.4, -0.2) is 58.5 Å². The first kappa shape index (κ1) is 24.7. The Morgan fingerprint density at radius 2 is 2.19 bits per heavy atom. The van der Waals surface area contributed by atoms with Crippen LogP contribution in [0.15, 0.2) is 41.3 Å². The van der Waals surface area contributed by atoms with E-state index >= 15 is 0 Å². The lowest BCUT2D eigenvalue weighted by atomic mass is 10.1. The molecule has 3 aromatic rings. The number of nitrogens with zero attached hydrogens (tertiary/aromatic N) is 4. The first-order chi connectivity index (χ1) is 17.4. The van der Waals surface area contributed by atoms with Crippen LogP contribution in [0, 0.1) is 0 Å². The van der Waals surface area contributed by atoms with Crippen molar-refractivity contribution in [2.45, 2.75) is 38.0 Å². The van der Waals surface area contributed by atoms with E-state index in [2.05, 4.69) is 41.5 Å². The Morgan fingerprint density at radius 3 is 2.97 bits per heavy atom. The monoisotopic (exact) mass is 574 g/mol. The molecule has 5 heterocycles. The van der Waals surface area contributed by atoms with Crippen LogP contribution in [-0.2, 0) is 23.1 Å². The van der Waals surface area contributed by atoms with Gasteiger partial charge in [-0.2, -0.15) is 5.10 Å². The highest BCUT2D eigenvalue weighted by Crippen LogP contribution is 2.33. The molecule has 0 saturated carbocycles. The van der Waals surface area contributed by atoms with Crippen LogP contribution in [0.5, 0.6) is 5.88 Å². The number of pyridine rings is 1. The van der Waals surface area contributed by atoms with E-state index < -0.39 is 6.04 Å². The average Bonchev–Trinajstić information content (AvgIpc) is 3.62. The molecule has 0 radical (unpaired) electrons. The number of fused-ring (bicyclic) bond motifs is 1. The van der Waals surface area contributed by atoms with Crippen molar-refractivity contribution in [1.82, 2.24) is 20.1 Å². The molecule has 190 valence electrons. The molecule has 5 rings (SSSR count). The summed E-state index contributed by atoms with van der Waals surface area (Å²) in [5.74, 6) is 0.0459. The van der Waals surface area contributed by atoms with Gasteiger partial charge in [-0.15, -0.1) is 11.3 Å². The molecule has 2 amide bonds. The lowest BCUT2D eigenvalue weighted by Crippen LogP contribution is -2.45. The van der Waals surface area contributed by atoms with E-state index in [1.807, 2.05) is 12.1 Å². The fourth-order valence-corrected chi connectivity index (χ4v) is 5.58. The summed E-state index contributed by atoms with van der Waals surface area (Å²) in [6.07, 6.45) is 7.21. The predicted molar refractivity (Wildman–Crippen MR) is 139 cm³/mol. The number of aryl methyl sites for hydroxylation is 1. The minimum atomic E-state index is -0.721. The largest absolute Gasteiger partial charge is 0.474 e. The number of rotatable bonds is 8. The van der Waals surface area contributed by atoms with Crippen molar-refractivity contribution in [3.8, 4) is 5.88 Å². The molecule has 2 aliphatic heterocycles. The summed E-state index contributed by atoms with van der Waals surface area (Å²) in [5.41, 5.74) is 1.50. The maximum Gasteiger partial charge on any atom is 0.262 e. The van der Waals surface area contributed by atoms with E-state index in [0.717, 1.165) is 34.4 Å². The number of thiophene rings is 1. The lowest BCUT2D eigenvalue weighted by molar-refractivity contribution is -0.118. The minimum Gasteiger partial charge on any atom is -0.474 e. The minimum absolute atomic E-state index is 0.0526. The summed E-state index contributed by atoms with van der Waals surface area (Å²) in [7, 11) is 1.78. The fourth-order valence-electron chi connectivity index (χ4n) is 4.33. The highest BCUT2D eigenvalue weighted by atomic mass is 79.9. The van der Waals surface area contributed by atoms with E-state index in [0.29, 0.717) is 42.6 Å². The Morgan fingerprint density at radius 1 is 1.31 bits per heavy atom. The lowest BCUT2D eigenvalue weighted by Gasteiger charge is -2.30. The van der Waals surface area contributed by atoms with Gasteiger partial charge in [-0.25, -0.2) is 4.98 Å². The van der Waals surface area contributed by atoms with Crippen LogP contribution in [0.4, 0.5) is 11.4 Å². The molecule has 0 aromatic carbocycles. The SMILES string of the molecule is Cn1cc(NC(=O)[C@H](CC2CCCO2)NC(=O)c2ccc(CN3CCOc4ncc(Br)cc43)s2)cn1. The summed E-state index contributed by atoms with van der Waals surface area (Å²) in [5, 5.41) is 9.86. The molecule has 2 N–H and O–H groups in total. The highest BCUT2D eigenvalue weighted by molar-refractivity contribution is 9.10. The zero-order valence-corrected chi connectivity index (χ0v) is 22.2. The number of aromatic nitrogens is 3. The molecule has 0 aliphatic carbocycles. The highest BCUT2D eigenvalue weighted by Gasteiger charge is 2.28. The number of amides is 2. The Balaban J connectivity index is 1.26. The zero-order chi connectivity index (χ0) is 25.1. The van der Waals surface area contributed by atoms with Crippen LogP contribution >= 0.6 is 27.3 Å². The van der Waals surface area contributed by atoms with Crippen molar-refractivity contribution in [2.24, 2.45) is 7.05 Å². The molecule has 12 heteroatoms. The second kappa shape index (κ2) is 11.0. The molecule has 2 aliphatic rings. The van der Waals surface area contributed by atoms with Crippen LogP contribution in [0.2, 0.25) is 0 Å². The Bertz CT molecular complexity index is 1240. The van der Waals surface area contributed by atoms with Crippen LogP contribution in [0.3, 0.4) is 0 Å². The normalized spacial score (nSPS) is 17.8. The molecule has 0 spiro atoms. The molecule has 0 bridgehead atoms. The summed E-state index contributed by atoms with van der Waals surface area (Å²) >= 11 is 4.89. The van der Waals surface area contributed by atoms with Crippen LogP contribution in [0.25, 0.3) is 0 Å². The number of nitrogens with one attached hydrogen (secondary N) is 2. The molecule has 10 nitrogen and oxygen atoms in total. The van der Waals surface area contributed by atoms with Gasteiger partial charge in [-0.05, 0) is 47.0 Å². The number of carbonyl (C=O) groups is 2. The van der Waals surface area contributed by atoms with Crippen molar-refractivity contribution < 1.29 is 19.1 Å². The average molecular weight is 575 g/mol. The van der Waals surface area contributed by atoms with Gasteiger partial charge in [0, 0.05) is 41.8 Å². The predicted octanol–water partition coefficient (Wildman–Crippen LogP) is 3.34. The number of ether oxygens (including phenoxy) is 2. The molecule has 36 heavy (non-hydrogen) atoms. The maximum atomic E-state index is 13.2. The van der Waals surface area contributed by atoms with Gasteiger partial charge in [0.2, 0.25) is 11.8 Å². The Labute approximate surface area is 221 Å². The topological polar surface area (TPSA) is 111 Å². The molecule has 2 atom stereocenters. The van der Waals surface area contributed by atoms with Crippen molar-refractivity contribution in [1.29, 1.82) is 0 Å². The zero-order valence-electron chi connectivity index (χ0n) is 19.8. The third-order valence-electron chi connectivity index (χ3n) is 6.09. The molecule has 1 saturated heterocycles. The molecule has 1 fully saturated rings. The smallest absolute Gasteiger partial charge is 0.262 e. The Hall–Kier alpha value is -2.96. The number of hydrogen-bond donors (Lipinski definition) is 2. The van der Waals surface area contributed by atoms with Gasteiger partial charge < -0.3 is 25.0 Å². The van der Waals surface area contributed by atoms with E-state index in [1.54, 1.807) is 36.4 Å². The quantitative estimate of drug-likeness (QED) is 0.424. The summed E-state index contributed by atoms with van der Waals surface area (Å²) in [4.78, 5) is 34.3. The molecular weight excluding hydrogens is 548 g/mol. The van der Waals surface area contributed by atoms with Crippen molar-refractivity contribution in [3.05, 3.63) is 51.0 Å². The molecule has 1 unspecified atom stereocenters. The first-order valence-electron chi connectivity index (χ1n) is 11.8. The van der Waals surface area contributed by atoms with Gasteiger partial charge in [-0.1, -0.05) is 0 Å². The molecule has 3 aromatic heterocycles. The van der Waals surface area contributed by atoms with Gasteiger partial charge in [0.1, 0.15) is 18.3 Å². The van der Waals surface area contributed by atoms with Crippen molar-refractivity contribution in [2.75, 3.05) is 30.0 Å². The van der Waals surface area contributed by atoms with Crippen LogP contribution in [0.1, 0.15) is 33.8 Å². The van der Waals surface area contributed by atoms with Crippen LogP contribution < -0.4 is 20.3 Å². The number of hydrogen-bond acceptors (Lipinski definition) is 8. The van der Waals surface area contributed by atoms with Gasteiger partial charge in [0.15, 0.2) is 0 Å². The van der Waals surface area contributed by atoms with Gasteiger partial charge >= 0.3 is 0 Å². The second-order valence-corrected chi connectivity index (χ2v) is 10.9. The first-order valence-corrected chi connectivity index (χ1v) is 13.4. The van der Waals surface area contributed by atoms with Crippen molar-refractivity contribution >= 4 is 50.5 Å². The number of anilines is 2. The molecular formula is C24H27BrN6O4S. The maximum absolute atomic E-state index is 13.2. The summed E-state index contributed by atoms with van der Waals surface area (Å²) in [6.45, 7) is 2.59. The number of halogens is 1. The van der Waals surface area contributed by atoms with Gasteiger partial charge in [-0.3, -0.25) is 14.3 Å². The third-order valence-corrected chi connectivity index (χ3v) is 7.59.